The Hall–Kier alpha value is -0.380. The van der Waals surface area contributed by atoms with Gasteiger partial charge in [0.15, 0.2) is 0 Å². The fourth-order valence-electron chi connectivity index (χ4n) is 0.386. The van der Waals surface area contributed by atoms with Crippen molar-refractivity contribution >= 4 is 11.8 Å². The average Bonchev–Trinajstić information content (AvgIpc) is 1.85. The van der Waals surface area contributed by atoms with Crippen LogP contribution in [0.25, 0.3) is 0 Å². The third-order valence-corrected chi connectivity index (χ3v) is 1.83. The second kappa shape index (κ2) is 3.85. The van der Waals surface area contributed by atoms with Crippen LogP contribution in [-0.2, 0) is 0 Å². The van der Waals surface area contributed by atoms with Crippen molar-refractivity contribution in [3.8, 4) is 0 Å². The quantitative estimate of drug-likeness (QED) is 0.590. The second-order valence-corrected chi connectivity index (χ2v) is 3.03. The summed E-state index contributed by atoms with van der Waals surface area (Å²) >= 11 is 1.27. The molecule has 0 saturated carbocycles. The molecule has 0 nitrogen and oxygen atoms in total. The van der Waals surface area contributed by atoms with Gasteiger partial charge >= 0.3 is 6.18 Å². The van der Waals surface area contributed by atoms with E-state index in [2.05, 4.69) is 6.58 Å². The highest BCUT2D eigenvalue weighted by atomic mass is 32.2. The first kappa shape index (κ1) is 10.6. The van der Waals surface area contributed by atoms with Gasteiger partial charge < -0.3 is 0 Å². The third kappa shape index (κ3) is 4.14. The SMILES string of the molecule is C=C(/C=C(\C)SC)C(F)(F)F. The van der Waals surface area contributed by atoms with Crippen molar-refractivity contribution in [1.82, 2.24) is 0 Å². The molecule has 0 rings (SSSR count). The molecular formula is C7H9F3S. The van der Waals surface area contributed by atoms with Crippen LogP contribution in [0.5, 0.6) is 0 Å². The molecule has 0 unspecified atom stereocenters. The molecule has 0 radical (unpaired) electrons. The molecule has 0 aromatic rings. The molecule has 0 amide bonds. The first-order valence-electron chi connectivity index (χ1n) is 2.86. The summed E-state index contributed by atoms with van der Waals surface area (Å²) in [5.74, 6) is 0. The fourth-order valence-corrected chi connectivity index (χ4v) is 0.646. The van der Waals surface area contributed by atoms with E-state index in [0.717, 1.165) is 6.08 Å². The van der Waals surface area contributed by atoms with Gasteiger partial charge in [0.2, 0.25) is 0 Å². The van der Waals surface area contributed by atoms with Crippen LogP contribution in [0, 0.1) is 0 Å². The highest BCUT2D eigenvalue weighted by Crippen LogP contribution is 2.27. The van der Waals surface area contributed by atoms with Gasteiger partial charge in [-0.3, -0.25) is 0 Å². The standard InChI is InChI=1S/C7H9F3S/c1-5(7(8,9)10)4-6(2)11-3/h4H,1H2,2-3H3/b6-4+. The minimum absolute atomic E-state index is 0.604. The number of hydrogen-bond donors (Lipinski definition) is 0. The van der Waals surface area contributed by atoms with Gasteiger partial charge in [-0.1, -0.05) is 6.58 Å². The maximum absolute atomic E-state index is 11.8. The monoisotopic (exact) mass is 182 g/mol. The molecule has 0 atom stereocenters. The molecule has 0 aliphatic heterocycles. The largest absolute Gasteiger partial charge is 0.415 e. The second-order valence-electron chi connectivity index (χ2n) is 1.98. The summed E-state index contributed by atoms with van der Waals surface area (Å²) in [7, 11) is 0. The number of hydrogen-bond acceptors (Lipinski definition) is 1. The summed E-state index contributed by atoms with van der Waals surface area (Å²) in [6.45, 7) is 4.51. The van der Waals surface area contributed by atoms with Crippen molar-refractivity contribution in [3.05, 3.63) is 23.1 Å². The van der Waals surface area contributed by atoms with E-state index in [0.29, 0.717) is 4.91 Å². The lowest BCUT2D eigenvalue weighted by Crippen LogP contribution is -2.08. The van der Waals surface area contributed by atoms with Gasteiger partial charge in [-0.2, -0.15) is 13.2 Å². The summed E-state index contributed by atoms with van der Waals surface area (Å²) in [5, 5.41) is 0. The lowest BCUT2D eigenvalue weighted by molar-refractivity contribution is -0.0878. The Morgan fingerprint density at radius 2 is 1.91 bits per heavy atom. The van der Waals surface area contributed by atoms with E-state index in [1.165, 1.54) is 11.8 Å². The van der Waals surface area contributed by atoms with E-state index in [4.69, 9.17) is 0 Å². The van der Waals surface area contributed by atoms with Gasteiger partial charge in [-0.05, 0) is 24.2 Å². The van der Waals surface area contributed by atoms with Gasteiger partial charge in [0.1, 0.15) is 0 Å². The summed E-state index contributed by atoms with van der Waals surface area (Å²) in [5.41, 5.74) is -0.802. The van der Waals surface area contributed by atoms with Gasteiger partial charge in [-0.15, -0.1) is 11.8 Å². The van der Waals surface area contributed by atoms with E-state index < -0.39 is 11.7 Å². The van der Waals surface area contributed by atoms with Crippen LogP contribution in [0.15, 0.2) is 23.1 Å². The zero-order chi connectivity index (χ0) is 9.07. The molecule has 0 heterocycles. The third-order valence-electron chi connectivity index (χ3n) is 1.06. The maximum atomic E-state index is 11.8. The fraction of sp³-hybridized carbons (Fsp3) is 0.429. The molecule has 0 bridgehead atoms. The summed E-state index contributed by atoms with van der Waals surface area (Å²) in [4.78, 5) is 0.604. The van der Waals surface area contributed by atoms with E-state index in [9.17, 15) is 13.2 Å². The molecule has 64 valence electrons. The van der Waals surface area contributed by atoms with Crippen molar-refractivity contribution < 1.29 is 13.2 Å². The molecule has 4 heteroatoms. The lowest BCUT2D eigenvalue weighted by Gasteiger charge is -2.05. The van der Waals surface area contributed by atoms with Crippen LogP contribution < -0.4 is 0 Å². The number of thioether (sulfide) groups is 1. The van der Waals surface area contributed by atoms with Gasteiger partial charge in [-0.25, -0.2) is 0 Å². The highest BCUT2D eigenvalue weighted by Gasteiger charge is 2.30. The molecule has 0 spiro atoms. The molecule has 0 aliphatic rings. The van der Waals surface area contributed by atoms with Crippen molar-refractivity contribution in [2.24, 2.45) is 0 Å². The Bertz CT molecular complexity index is 179. The van der Waals surface area contributed by atoms with E-state index in [-0.39, 0.29) is 0 Å². The Balaban J connectivity index is 4.30. The van der Waals surface area contributed by atoms with Crippen LogP contribution >= 0.6 is 11.8 Å². The van der Waals surface area contributed by atoms with Crippen molar-refractivity contribution in [1.29, 1.82) is 0 Å². The molecular weight excluding hydrogens is 173 g/mol. The number of allylic oxidation sites excluding steroid dienone is 3. The normalized spacial score (nSPS) is 13.4. The highest BCUT2D eigenvalue weighted by molar-refractivity contribution is 8.02. The Kier molecular flexibility index (Phi) is 3.72. The molecule has 0 aliphatic carbocycles. The molecule has 0 fully saturated rings. The van der Waals surface area contributed by atoms with Gasteiger partial charge in [0.05, 0.1) is 0 Å². The van der Waals surface area contributed by atoms with Crippen LogP contribution in [0.2, 0.25) is 0 Å². The zero-order valence-electron chi connectivity index (χ0n) is 6.33. The van der Waals surface area contributed by atoms with Crippen LogP contribution in [-0.4, -0.2) is 12.4 Å². The van der Waals surface area contributed by atoms with E-state index >= 15 is 0 Å². The zero-order valence-corrected chi connectivity index (χ0v) is 7.14. The summed E-state index contributed by atoms with van der Waals surface area (Å²) in [6.07, 6.45) is -1.54. The first-order chi connectivity index (χ1) is 4.88. The Morgan fingerprint density at radius 1 is 1.45 bits per heavy atom. The number of alkyl halides is 3. The van der Waals surface area contributed by atoms with Crippen LogP contribution in [0.3, 0.4) is 0 Å². The van der Waals surface area contributed by atoms with Crippen molar-refractivity contribution in [2.45, 2.75) is 13.1 Å². The molecule has 0 N–H and O–H groups in total. The van der Waals surface area contributed by atoms with Crippen molar-refractivity contribution in [2.75, 3.05) is 6.26 Å². The number of rotatable bonds is 2. The predicted octanol–water partition coefficient (Wildman–Crippen LogP) is 3.37. The number of halogens is 3. The van der Waals surface area contributed by atoms with Crippen LogP contribution in [0.4, 0.5) is 13.2 Å². The lowest BCUT2D eigenvalue weighted by atomic mass is 10.3. The Morgan fingerprint density at radius 3 is 2.18 bits per heavy atom. The van der Waals surface area contributed by atoms with Crippen molar-refractivity contribution in [3.63, 3.8) is 0 Å². The summed E-state index contributed by atoms with van der Waals surface area (Å²) in [6, 6.07) is 0. The Labute approximate surface area is 68.2 Å². The van der Waals surface area contributed by atoms with E-state index in [1.54, 1.807) is 13.2 Å². The first-order valence-corrected chi connectivity index (χ1v) is 4.08. The van der Waals surface area contributed by atoms with Gasteiger partial charge in [0.25, 0.3) is 0 Å². The molecule has 0 saturated heterocycles. The predicted molar refractivity (Wildman–Crippen MR) is 42.5 cm³/mol. The minimum atomic E-state index is -4.29. The average molecular weight is 182 g/mol. The van der Waals surface area contributed by atoms with Gasteiger partial charge in [0, 0.05) is 5.57 Å². The molecule has 0 aromatic carbocycles. The topological polar surface area (TPSA) is 0 Å². The summed E-state index contributed by atoms with van der Waals surface area (Å²) < 4.78 is 35.4. The van der Waals surface area contributed by atoms with E-state index in [1.807, 2.05) is 0 Å². The molecule has 0 aromatic heterocycles. The van der Waals surface area contributed by atoms with Crippen LogP contribution in [0.1, 0.15) is 6.92 Å². The minimum Gasteiger partial charge on any atom is -0.166 e. The molecule has 11 heavy (non-hydrogen) atoms. The smallest absolute Gasteiger partial charge is 0.166 e. The maximum Gasteiger partial charge on any atom is 0.415 e.